The topological polar surface area (TPSA) is 12.0 Å². The van der Waals surface area contributed by atoms with Gasteiger partial charge < -0.3 is 5.32 Å². The molecule has 1 N–H and O–H groups in total. The summed E-state index contributed by atoms with van der Waals surface area (Å²) >= 11 is 0. The number of nitrogens with one attached hydrogen (secondary N) is 1. The molecule has 1 nitrogen and oxygen atoms in total. The van der Waals surface area contributed by atoms with Crippen molar-refractivity contribution < 1.29 is 4.39 Å². The molecule has 1 aliphatic carbocycles. The van der Waals surface area contributed by atoms with Crippen molar-refractivity contribution in [2.45, 2.75) is 18.6 Å². The van der Waals surface area contributed by atoms with Crippen LogP contribution in [0.5, 0.6) is 0 Å². The fourth-order valence-corrected chi connectivity index (χ4v) is 1.41. The molecule has 9 heavy (non-hydrogen) atoms. The maximum absolute atomic E-state index is 12.6. The molecule has 0 saturated heterocycles. The highest BCUT2D eigenvalue weighted by atomic mass is 19.1. The zero-order valence-corrected chi connectivity index (χ0v) is 5.18. The summed E-state index contributed by atoms with van der Waals surface area (Å²) in [5.74, 6) is 0.295. The molecule has 0 amide bonds. The summed E-state index contributed by atoms with van der Waals surface area (Å²) in [6.07, 6.45) is 4.50. The minimum atomic E-state index is -0.560. The molecule has 1 fully saturated rings. The van der Waals surface area contributed by atoms with Crippen LogP contribution in [-0.4, -0.2) is 18.8 Å². The van der Waals surface area contributed by atoms with Crippen molar-refractivity contribution in [3.05, 3.63) is 12.2 Å². The molecule has 0 aromatic carbocycles. The molecule has 0 spiro atoms. The molecule has 3 atom stereocenters. The predicted octanol–water partition coefficient (Wildman–Crippen LogP) is 0.872. The quantitative estimate of drug-likeness (QED) is 0.476. The first kappa shape index (κ1) is 5.42. The molecule has 0 aromatic heterocycles. The number of halogens is 1. The summed E-state index contributed by atoms with van der Waals surface area (Å²) in [5.41, 5.74) is 0. The number of rotatable bonds is 0. The molecular formula is C7H10FN. The maximum Gasteiger partial charge on any atom is 0.120 e. The van der Waals surface area contributed by atoms with Gasteiger partial charge in [0.1, 0.15) is 6.17 Å². The Morgan fingerprint density at radius 2 is 2.33 bits per heavy atom. The van der Waals surface area contributed by atoms with Crippen LogP contribution in [0.3, 0.4) is 0 Å². The molecule has 2 unspecified atom stereocenters. The zero-order valence-electron chi connectivity index (χ0n) is 5.18. The summed E-state index contributed by atoms with van der Waals surface area (Å²) in [7, 11) is 0. The average molecular weight is 127 g/mol. The van der Waals surface area contributed by atoms with Crippen molar-refractivity contribution in [2.24, 2.45) is 5.92 Å². The van der Waals surface area contributed by atoms with Crippen LogP contribution in [0.15, 0.2) is 12.2 Å². The summed E-state index contributed by atoms with van der Waals surface area (Å²) in [6, 6.07) is 0.181. The van der Waals surface area contributed by atoms with Gasteiger partial charge in [-0.25, -0.2) is 4.39 Å². The summed E-state index contributed by atoms with van der Waals surface area (Å²) in [4.78, 5) is 0. The van der Waals surface area contributed by atoms with Crippen LogP contribution in [0.25, 0.3) is 0 Å². The monoisotopic (exact) mass is 127 g/mol. The van der Waals surface area contributed by atoms with E-state index in [-0.39, 0.29) is 6.04 Å². The molecule has 1 aliphatic heterocycles. The van der Waals surface area contributed by atoms with Crippen LogP contribution in [0.4, 0.5) is 4.39 Å². The highest BCUT2D eigenvalue weighted by Crippen LogP contribution is 2.38. The molecule has 1 saturated carbocycles. The van der Waals surface area contributed by atoms with Gasteiger partial charge in [0.15, 0.2) is 0 Å². The van der Waals surface area contributed by atoms with Gasteiger partial charge in [-0.05, 0) is 6.42 Å². The van der Waals surface area contributed by atoms with E-state index >= 15 is 0 Å². The van der Waals surface area contributed by atoms with E-state index in [4.69, 9.17) is 0 Å². The average Bonchev–Trinajstić information content (AvgIpc) is 2.51. The highest BCUT2D eigenvalue weighted by molar-refractivity contribution is 5.10. The Morgan fingerprint density at radius 1 is 1.44 bits per heavy atom. The Bertz CT molecular complexity index is 144. The van der Waals surface area contributed by atoms with E-state index in [2.05, 4.69) is 17.5 Å². The Balaban J connectivity index is 2.01. The number of allylic oxidation sites excluding steroid dienone is 1. The minimum Gasteiger partial charge on any atom is -0.307 e. The third-order valence-electron chi connectivity index (χ3n) is 2.12. The fourth-order valence-electron chi connectivity index (χ4n) is 1.41. The van der Waals surface area contributed by atoms with Gasteiger partial charge in [-0.15, -0.1) is 0 Å². The van der Waals surface area contributed by atoms with E-state index in [1.165, 1.54) is 0 Å². The summed E-state index contributed by atoms with van der Waals surface area (Å²) < 4.78 is 12.6. The predicted molar refractivity (Wildman–Crippen MR) is 33.9 cm³/mol. The second-order valence-electron chi connectivity index (χ2n) is 2.75. The van der Waals surface area contributed by atoms with E-state index in [9.17, 15) is 4.39 Å². The van der Waals surface area contributed by atoms with Crippen LogP contribution in [0.1, 0.15) is 6.42 Å². The Kier molecular flexibility index (Phi) is 1.09. The molecule has 1 heterocycles. The molecule has 2 aliphatic rings. The molecule has 0 aromatic rings. The van der Waals surface area contributed by atoms with E-state index in [0.29, 0.717) is 5.92 Å². The maximum atomic E-state index is 12.6. The number of hydrogen-bond donors (Lipinski definition) is 1. The summed E-state index contributed by atoms with van der Waals surface area (Å²) in [6.45, 7) is 0.849. The van der Waals surface area contributed by atoms with Gasteiger partial charge in [-0.1, -0.05) is 12.2 Å². The molecule has 2 rings (SSSR count). The Morgan fingerprint density at radius 3 is 3.22 bits per heavy atom. The Hall–Kier alpha value is -0.370. The normalized spacial score (nSPS) is 47.9. The first-order valence-electron chi connectivity index (χ1n) is 3.42. The Labute approximate surface area is 53.9 Å². The highest BCUT2D eigenvalue weighted by Gasteiger charge is 2.50. The van der Waals surface area contributed by atoms with E-state index < -0.39 is 6.17 Å². The third kappa shape index (κ3) is 0.778. The van der Waals surface area contributed by atoms with Crippen LogP contribution >= 0.6 is 0 Å². The van der Waals surface area contributed by atoms with Gasteiger partial charge in [0.05, 0.1) is 0 Å². The van der Waals surface area contributed by atoms with Crippen molar-refractivity contribution in [1.29, 1.82) is 0 Å². The third-order valence-corrected chi connectivity index (χ3v) is 2.12. The molecular weight excluding hydrogens is 117 g/mol. The van der Waals surface area contributed by atoms with Crippen LogP contribution in [0, 0.1) is 5.92 Å². The lowest BCUT2D eigenvalue weighted by Crippen LogP contribution is -2.18. The lowest BCUT2D eigenvalue weighted by molar-refractivity contribution is 0.432. The van der Waals surface area contributed by atoms with Crippen LogP contribution < -0.4 is 5.32 Å². The van der Waals surface area contributed by atoms with Crippen molar-refractivity contribution in [1.82, 2.24) is 5.32 Å². The standard InChI is InChI=1S/C7H10FN/c8-6-5-3-1-2-4-9-7(5)6/h1-2,5-7,9H,3-4H2/t5?,6-,7?/m0/s1. The SMILES string of the molecule is F[C@H]1C2CC=CCNC21. The number of alkyl halides is 1. The van der Waals surface area contributed by atoms with Gasteiger partial charge in [0.25, 0.3) is 0 Å². The van der Waals surface area contributed by atoms with E-state index in [0.717, 1.165) is 13.0 Å². The van der Waals surface area contributed by atoms with Crippen LogP contribution in [-0.2, 0) is 0 Å². The van der Waals surface area contributed by atoms with Crippen molar-refractivity contribution >= 4 is 0 Å². The van der Waals surface area contributed by atoms with E-state index in [1.807, 2.05) is 0 Å². The fraction of sp³-hybridized carbons (Fsp3) is 0.714. The molecule has 0 radical (unpaired) electrons. The molecule has 0 bridgehead atoms. The van der Waals surface area contributed by atoms with Crippen molar-refractivity contribution in [3.8, 4) is 0 Å². The molecule has 50 valence electrons. The van der Waals surface area contributed by atoms with Gasteiger partial charge >= 0.3 is 0 Å². The first-order valence-corrected chi connectivity index (χ1v) is 3.42. The smallest absolute Gasteiger partial charge is 0.120 e. The van der Waals surface area contributed by atoms with Gasteiger partial charge in [-0.3, -0.25) is 0 Å². The van der Waals surface area contributed by atoms with Crippen molar-refractivity contribution in [3.63, 3.8) is 0 Å². The second kappa shape index (κ2) is 1.81. The largest absolute Gasteiger partial charge is 0.307 e. The summed E-state index contributed by atoms with van der Waals surface area (Å²) in [5, 5.41) is 3.11. The van der Waals surface area contributed by atoms with Gasteiger partial charge in [0, 0.05) is 18.5 Å². The van der Waals surface area contributed by atoms with Crippen molar-refractivity contribution in [2.75, 3.05) is 6.54 Å². The zero-order chi connectivity index (χ0) is 6.27. The van der Waals surface area contributed by atoms with Gasteiger partial charge in [-0.2, -0.15) is 0 Å². The van der Waals surface area contributed by atoms with Gasteiger partial charge in [0.2, 0.25) is 0 Å². The lowest BCUT2D eigenvalue weighted by atomic mass is 10.3. The van der Waals surface area contributed by atoms with E-state index in [1.54, 1.807) is 0 Å². The number of hydrogen-bond acceptors (Lipinski definition) is 1. The second-order valence-corrected chi connectivity index (χ2v) is 2.75. The minimum absolute atomic E-state index is 0.181. The number of fused-ring (bicyclic) bond motifs is 1. The lowest BCUT2D eigenvalue weighted by Gasteiger charge is -1.92. The molecule has 2 heteroatoms. The first-order chi connectivity index (χ1) is 4.39. The van der Waals surface area contributed by atoms with Crippen LogP contribution in [0.2, 0.25) is 0 Å².